The van der Waals surface area contributed by atoms with Crippen molar-refractivity contribution in [2.24, 2.45) is 11.8 Å². The van der Waals surface area contributed by atoms with E-state index in [1.165, 1.54) is 0 Å². The summed E-state index contributed by atoms with van der Waals surface area (Å²) in [6, 6.07) is 23.7. The second-order valence-electron chi connectivity index (χ2n) is 14.2. The van der Waals surface area contributed by atoms with Gasteiger partial charge in [0.1, 0.15) is 18.0 Å². The predicted octanol–water partition coefficient (Wildman–Crippen LogP) is 5.13. The topological polar surface area (TPSA) is 129 Å². The number of amides is 2. The predicted molar refractivity (Wildman–Crippen MR) is 188 cm³/mol. The molecular weight excluding hydrogens is 606 g/mol. The summed E-state index contributed by atoms with van der Waals surface area (Å²) < 4.78 is 11.4. The Kier molecular flexibility index (Phi) is 13.4. The molecule has 0 aromatic heterocycles. The van der Waals surface area contributed by atoms with Gasteiger partial charge in [-0.15, -0.1) is 0 Å². The summed E-state index contributed by atoms with van der Waals surface area (Å²) in [5, 5.41) is 31.9. The van der Waals surface area contributed by atoms with Gasteiger partial charge in [-0.2, -0.15) is 0 Å². The van der Waals surface area contributed by atoms with Crippen LogP contribution in [0, 0.1) is 11.8 Å². The monoisotopic (exact) mass is 659 g/mol. The molecule has 5 atom stereocenters. The smallest absolute Gasteiger partial charge is 0.407 e. The molecule has 0 radical (unpaired) electrons. The summed E-state index contributed by atoms with van der Waals surface area (Å²) in [6.07, 6.45) is -1.23. The number of benzene rings is 3. The summed E-state index contributed by atoms with van der Waals surface area (Å²) in [6.45, 7) is 11.9. The van der Waals surface area contributed by atoms with Gasteiger partial charge in [0.2, 0.25) is 5.91 Å². The van der Waals surface area contributed by atoms with Crippen LogP contribution < -0.4 is 20.7 Å². The lowest BCUT2D eigenvalue weighted by molar-refractivity contribution is -0.127. The Balaban J connectivity index is 1.51. The number of fused-ring (bicyclic) bond motifs is 1. The number of carbonyl (C=O) groups is 2. The second kappa shape index (κ2) is 17.5. The summed E-state index contributed by atoms with van der Waals surface area (Å²) in [5.41, 5.74) is 3.02. The third-order valence-corrected chi connectivity index (χ3v) is 8.37. The highest BCUT2D eigenvalue weighted by Crippen LogP contribution is 2.32. The van der Waals surface area contributed by atoms with Crippen LogP contribution in [0.3, 0.4) is 0 Å². The van der Waals surface area contributed by atoms with Crippen LogP contribution in [0.2, 0.25) is 0 Å². The lowest BCUT2D eigenvalue weighted by atomic mass is 9.88. The molecule has 5 unspecified atom stereocenters. The van der Waals surface area contributed by atoms with E-state index in [1.54, 1.807) is 20.8 Å². The number of aliphatic hydroxyl groups is 2. The average Bonchev–Trinajstić information content (AvgIpc) is 3.34. The minimum absolute atomic E-state index is 0.0728. The minimum atomic E-state index is -1.07. The van der Waals surface area contributed by atoms with Gasteiger partial charge in [-0.25, -0.2) is 4.79 Å². The maximum absolute atomic E-state index is 14.0. The Bertz CT molecular complexity index is 1440. The third kappa shape index (κ3) is 11.6. The van der Waals surface area contributed by atoms with Crippen molar-refractivity contribution in [3.63, 3.8) is 0 Å². The molecule has 3 aromatic carbocycles. The molecule has 1 aliphatic rings. The number of ether oxygens (including phenoxy) is 2. The zero-order chi connectivity index (χ0) is 34.7. The van der Waals surface area contributed by atoms with E-state index >= 15 is 0 Å². The molecule has 48 heavy (non-hydrogen) atoms. The van der Waals surface area contributed by atoms with Gasteiger partial charge in [0, 0.05) is 18.9 Å². The first-order valence-corrected chi connectivity index (χ1v) is 17.1. The molecule has 0 aliphatic heterocycles. The summed E-state index contributed by atoms with van der Waals surface area (Å²) in [7, 11) is 0. The first-order chi connectivity index (χ1) is 22.9. The molecule has 9 heteroatoms. The fourth-order valence-corrected chi connectivity index (χ4v) is 6.01. The molecular formula is C39H53N3O6. The number of alkyl carbamates (subject to hydrolysis) is 1. The molecule has 4 rings (SSSR count). The molecule has 3 aromatic rings. The second-order valence-corrected chi connectivity index (χ2v) is 14.2. The molecule has 0 saturated carbocycles. The van der Waals surface area contributed by atoms with Crippen LogP contribution in [-0.4, -0.2) is 65.8 Å². The number of rotatable bonds is 16. The van der Waals surface area contributed by atoms with E-state index in [-0.39, 0.29) is 12.3 Å². The highest BCUT2D eigenvalue weighted by molar-refractivity contribution is 5.80. The van der Waals surface area contributed by atoms with Gasteiger partial charge in [0.25, 0.3) is 0 Å². The van der Waals surface area contributed by atoms with Crippen molar-refractivity contribution in [3.8, 4) is 5.75 Å². The van der Waals surface area contributed by atoms with Crippen LogP contribution in [-0.2, 0) is 28.8 Å². The Morgan fingerprint density at radius 1 is 0.917 bits per heavy atom. The van der Waals surface area contributed by atoms with Crippen molar-refractivity contribution in [2.75, 3.05) is 19.7 Å². The molecule has 260 valence electrons. The van der Waals surface area contributed by atoms with E-state index in [2.05, 4.69) is 29.8 Å². The Morgan fingerprint density at radius 2 is 1.58 bits per heavy atom. The normalized spacial score (nSPS) is 17.7. The maximum Gasteiger partial charge on any atom is 0.407 e. The van der Waals surface area contributed by atoms with E-state index in [9.17, 15) is 19.8 Å². The maximum atomic E-state index is 14.0. The molecule has 0 saturated heterocycles. The van der Waals surface area contributed by atoms with E-state index in [1.807, 2.05) is 78.9 Å². The van der Waals surface area contributed by atoms with Gasteiger partial charge in [0.05, 0.1) is 24.3 Å². The van der Waals surface area contributed by atoms with Crippen molar-refractivity contribution < 1.29 is 29.3 Å². The lowest BCUT2D eigenvalue weighted by Gasteiger charge is -2.29. The van der Waals surface area contributed by atoms with Gasteiger partial charge in [-0.05, 0) is 86.9 Å². The van der Waals surface area contributed by atoms with Gasteiger partial charge in [-0.1, -0.05) is 80.6 Å². The molecule has 2 amide bonds. The number of carbonyl (C=O) groups excluding carboxylic acids is 2. The highest BCUT2D eigenvalue weighted by Gasteiger charge is 2.35. The van der Waals surface area contributed by atoms with Crippen LogP contribution in [0.4, 0.5) is 4.79 Å². The van der Waals surface area contributed by atoms with Gasteiger partial charge < -0.3 is 35.6 Å². The number of hydrogen-bond acceptors (Lipinski definition) is 7. The molecule has 0 spiro atoms. The fraction of sp³-hybridized carbons (Fsp3) is 0.487. The largest absolute Gasteiger partial charge is 0.492 e. The molecule has 9 nitrogen and oxygen atoms in total. The quantitative estimate of drug-likeness (QED) is 0.135. The Hall–Kier alpha value is -3.92. The van der Waals surface area contributed by atoms with Crippen molar-refractivity contribution >= 4 is 12.0 Å². The zero-order valence-electron chi connectivity index (χ0n) is 28.9. The first kappa shape index (κ1) is 36.9. The standard InChI is InChI=1S/C39H53N3O6/c1-26(2)25-40-19-20-47-31-17-15-28(16-18-31)21-30(37(45)42-36-32-14-10-9-13-29(32)23-35(36)44)24-34(43)33(22-27-11-7-6-8-12-27)41-38(46)48-39(3,4)5/h6-18,26,30,33-36,40,43-44H,19-25H2,1-5H3,(H,41,46)(H,42,45). The molecule has 0 heterocycles. The van der Waals surface area contributed by atoms with Crippen LogP contribution >= 0.6 is 0 Å². The molecule has 5 N–H and O–H groups in total. The summed E-state index contributed by atoms with van der Waals surface area (Å²) in [4.78, 5) is 26.9. The molecule has 0 bridgehead atoms. The third-order valence-electron chi connectivity index (χ3n) is 8.37. The number of nitrogens with one attached hydrogen (secondary N) is 3. The van der Waals surface area contributed by atoms with Crippen molar-refractivity contribution in [2.45, 2.75) is 90.2 Å². The lowest BCUT2D eigenvalue weighted by Crippen LogP contribution is -2.48. The average molecular weight is 660 g/mol. The van der Waals surface area contributed by atoms with E-state index in [0.29, 0.717) is 31.8 Å². The molecule has 1 aliphatic carbocycles. The number of aliphatic hydroxyl groups excluding tert-OH is 2. The van der Waals surface area contributed by atoms with Gasteiger partial charge in [0.15, 0.2) is 0 Å². The van der Waals surface area contributed by atoms with Gasteiger partial charge >= 0.3 is 6.09 Å². The van der Waals surface area contributed by atoms with Gasteiger partial charge in [-0.3, -0.25) is 4.79 Å². The van der Waals surface area contributed by atoms with Crippen molar-refractivity contribution in [1.82, 2.24) is 16.0 Å². The van der Waals surface area contributed by atoms with E-state index in [0.717, 1.165) is 41.1 Å². The minimum Gasteiger partial charge on any atom is -0.492 e. The fourth-order valence-electron chi connectivity index (χ4n) is 6.01. The van der Waals surface area contributed by atoms with Crippen LogP contribution in [0.25, 0.3) is 0 Å². The first-order valence-electron chi connectivity index (χ1n) is 17.1. The Morgan fingerprint density at radius 3 is 2.27 bits per heavy atom. The molecule has 0 fully saturated rings. The van der Waals surface area contributed by atoms with Crippen molar-refractivity contribution in [3.05, 3.63) is 101 Å². The summed E-state index contributed by atoms with van der Waals surface area (Å²) >= 11 is 0. The zero-order valence-corrected chi connectivity index (χ0v) is 28.9. The SMILES string of the molecule is CC(C)CNCCOc1ccc(CC(CC(O)C(Cc2ccccc2)NC(=O)OC(C)(C)C)C(=O)NC2c3ccccc3CC2O)cc1. The number of hydrogen-bond donors (Lipinski definition) is 5. The van der Waals surface area contributed by atoms with Crippen LogP contribution in [0.15, 0.2) is 78.9 Å². The van der Waals surface area contributed by atoms with E-state index < -0.39 is 41.9 Å². The van der Waals surface area contributed by atoms with E-state index in [4.69, 9.17) is 9.47 Å². The van der Waals surface area contributed by atoms with Crippen molar-refractivity contribution in [1.29, 1.82) is 0 Å². The Labute approximate surface area is 285 Å². The summed E-state index contributed by atoms with van der Waals surface area (Å²) in [5.74, 6) is 0.371. The van der Waals surface area contributed by atoms with Crippen LogP contribution in [0.5, 0.6) is 5.75 Å². The highest BCUT2D eigenvalue weighted by atomic mass is 16.6. The van der Waals surface area contributed by atoms with Crippen LogP contribution in [0.1, 0.15) is 69.3 Å².